The minimum atomic E-state index is 0.204. The molecule has 0 bridgehead atoms. The molecular formula is C17H26N2O. The van der Waals surface area contributed by atoms with Crippen LogP contribution < -0.4 is 0 Å². The second-order valence-corrected chi connectivity index (χ2v) is 6.24. The summed E-state index contributed by atoms with van der Waals surface area (Å²) in [6.07, 6.45) is 3.77. The van der Waals surface area contributed by atoms with E-state index in [-0.39, 0.29) is 5.92 Å². The molecule has 1 heterocycles. The van der Waals surface area contributed by atoms with E-state index in [1.54, 1.807) is 0 Å². The molecule has 1 saturated carbocycles. The molecule has 3 atom stereocenters. The summed E-state index contributed by atoms with van der Waals surface area (Å²) in [5, 5.41) is 0. The van der Waals surface area contributed by atoms with Crippen molar-refractivity contribution in [3.8, 4) is 0 Å². The van der Waals surface area contributed by atoms with Crippen molar-refractivity contribution in [2.45, 2.75) is 40.2 Å². The molecule has 1 aromatic heterocycles. The van der Waals surface area contributed by atoms with Crippen molar-refractivity contribution >= 4 is 5.78 Å². The average Bonchev–Trinajstić information content (AvgIpc) is 2.42. The molecule has 0 aromatic carbocycles. The Bertz CT molecular complexity index is 432. The standard InChI is InChI=1S/C17H26N2O/c1-4-19(11-15-7-5-6-8-18-15)12-16-14(3)9-13(2)10-17(16)20/h5-8,13-14,16H,4,9-12H2,1-3H3. The van der Waals surface area contributed by atoms with Gasteiger partial charge in [0, 0.05) is 31.6 Å². The smallest absolute Gasteiger partial charge is 0.137 e. The Hall–Kier alpha value is -1.22. The van der Waals surface area contributed by atoms with Gasteiger partial charge in [-0.05, 0) is 36.9 Å². The van der Waals surface area contributed by atoms with Crippen LogP contribution in [0.4, 0.5) is 0 Å². The van der Waals surface area contributed by atoms with Crippen LogP contribution in [0.2, 0.25) is 0 Å². The van der Waals surface area contributed by atoms with Crippen molar-refractivity contribution in [3.05, 3.63) is 30.1 Å². The maximum atomic E-state index is 12.3. The third kappa shape index (κ3) is 3.89. The first-order chi connectivity index (χ1) is 9.60. The van der Waals surface area contributed by atoms with Gasteiger partial charge in [0.05, 0.1) is 5.69 Å². The van der Waals surface area contributed by atoms with E-state index < -0.39 is 0 Å². The Balaban J connectivity index is 1.97. The van der Waals surface area contributed by atoms with Gasteiger partial charge in [-0.3, -0.25) is 14.7 Å². The van der Waals surface area contributed by atoms with E-state index in [1.165, 1.54) is 6.42 Å². The number of carbonyl (C=O) groups is 1. The summed E-state index contributed by atoms with van der Waals surface area (Å²) in [6.45, 7) is 9.25. The van der Waals surface area contributed by atoms with Gasteiger partial charge in [0.1, 0.15) is 5.78 Å². The fourth-order valence-corrected chi connectivity index (χ4v) is 3.28. The number of carbonyl (C=O) groups excluding carboxylic acids is 1. The number of aromatic nitrogens is 1. The van der Waals surface area contributed by atoms with Crippen LogP contribution in [0.15, 0.2) is 24.4 Å². The molecule has 110 valence electrons. The van der Waals surface area contributed by atoms with Crippen molar-refractivity contribution in [2.75, 3.05) is 13.1 Å². The largest absolute Gasteiger partial charge is 0.299 e. The first kappa shape index (κ1) is 15.2. The summed E-state index contributed by atoms with van der Waals surface area (Å²) in [7, 11) is 0. The summed E-state index contributed by atoms with van der Waals surface area (Å²) in [4.78, 5) is 19.0. The monoisotopic (exact) mass is 274 g/mol. The van der Waals surface area contributed by atoms with Crippen LogP contribution >= 0.6 is 0 Å². The van der Waals surface area contributed by atoms with Crippen LogP contribution in [0.5, 0.6) is 0 Å². The first-order valence-electron chi connectivity index (χ1n) is 7.75. The Labute approximate surface area is 122 Å². The van der Waals surface area contributed by atoms with Crippen molar-refractivity contribution in [2.24, 2.45) is 17.8 Å². The maximum absolute atomic E-state index is 12.3. The normalized spacial score (nSPS) is 27.0. The lowest BCUT2D eigenvalue weighted by Crippen LogP contribution is -2.40. The van der Waals surface area contributed by atoms with Crippen molar-refractivity contribution in [1.82, 2.24) is 9.88 Å². The molecule has 3 nitrogen and oxygen atoms in total. The lowest BCUT2D eigenvalue weighted by Gasteiger charge is -2.34. The third-order valence-electron chi connectivity index (χ3n) is 4.44. The quantitative estimate of drug-likeness (QED) is 0.827. The Morgan fingerprint density at radius 3 is 2.75 bits per heavy atom. The zero-order valence-electron chi connectivity index (χ0n) is 12.9. The van der Waals surface area contributed by atoms with E-state index in [4.69, 9.17) is 0 Å². The zero-order valence-corrected chi connectivity index (χ0v) is 12.9. The van der Waals surface area contributed by atoms with Crippen LogP contribution in [-0.4, -0.2) is 28.8 Å². The highest BCUT2D eigenvalue weighted by atomic mass is 16.1. The fourth-order valence-electron chi connectivity index (χ4n) is 3.28. The van der Waals surface area contributed by atoms with Gasteiger partial charge in [-0.25, -0.2) is 0 Å². The molecule has 1 aliphatic carbocycles. The van der Waals surface area contributed by atoms with Gasteiger partial charge in [0.25, 0.3) is 0 Å². The minimum Gasteiger partial charge on any atom is -0.299 e. The van der Waals surface area contributed by atoms with E-state index in [0.717, 1.165) is 31.7 Å². The van der Waals surface area contributed by atoms with E-state index >= 15 is 0 Å². The van der Waals surface area contributed by atoms with Gasteiger partial charge in [-0.1, -0.05) is 26.8 Å². The molecule has 0 radical (unpaired) electrons. The van der Waals surface area contributed by atoms with E-state index in [0.29, 0.717) is 17.6 Å². The van der Waals surface area contributed by atoms with E-state index in [2.05, 4.69) is 36.7 Å². The summed E-state index contributed by atoms with van der Waals surface area (Å²) in [5.41, 5.74) is 1.08. The molecule has 0 amide bonds. The second-order valence-electron chi connectivity index (χ2n) is 6.24. The van der Waals surface area contributed by atoms with Crippen LogP contribution in [0.25, 0.3) is 0 Å². The van der Waals surface area contributed by atoms with E-state index in [9.17, 15) is 4.79 Å². The molecule has 2 rings (SSSR count). The second kappa shape index (κ2) is 6.98. The number of hydrogen-bond donors (Lipinski definition) is 0. The van der Waals surface area contributed by atoms with Gasteiger partial charge in [0.2, 0.25) is 0 Å². The number of ketones is 1. The Kier molecular flexibility index (Phi) is 5.30. The molecular weight excluding hydrogens is 248 g/mol. The maximum Gasteiger partial charge on any atom is 0.137 e. The number of rotatable bonds is 5. The number of pyridine rings is 1. The zero-order chi connectivity index (χ0) is 14.5. The Morgan fingerprint density at radius 1 is 1.35 bits per heavy atom. The molecule has 0 spiro atoms. The lowest BCUT2D eigenvalue weighted by atomic mass is 9.74. The highest BCUT2D eigenvalue weighted by molar-refractivity contribution is 5.82. The molecule has 1 fully saturated rings. The summed E-state index contributed by atoms with van der Waals surface area (Å²) in [5.74, 6) is 1.72. The van der Waals surface area contributed by atoms with Gasteiger partial charge >= 0.3 is 0 Å². The first-order valence-corrected chi connectivity index (χ1v) is 7.75. The minimum absolute atomic E-state index is 0.204. The number of hydrogen-bond acceptors (Lipinski definition) is 3. The van der Waals surface area contributed by atoms with Crippen LogP contribution in [-0.2, 0) is 11.3 Å². The third-order valence-corrected chi connectivity index (χ3v) is 4.44. The predicted octanol–water partition coefficient (Wildman–Crippen LogP) is 3.15. The average molecular weight is 274 g/mol. The molecule has 0 aliphatic heterocycles. The summed E-state index contributed by atoms with van der Waals surface area (Å²) in [6, 6.07) is 6.01. The van der Waals surface area contributed by atoms with Crippen LogP contribution in [0, 0.1) is 17.8 Å². The molecule has 20 heavy (non-hydrogen) atoms. The summed E-state index contributed by atoms with van der Waals surface area (Å²) < 4.78 is 0. The highest BCUT2D eigenvalue weighted by Crippen LogP contribution is 2.31. The molecule has 1 aromatic rings. The van der Waals surface area contributed by atoms with Crippen LogP contribution in [0.3, 0.4) is 0 Å². The number of nitrogens with zero attached hydrogens (tertiary/aromatic N) is 2. The Morgan fingerprint density at radius 2 is 2.15 bits per heavy atom. The predicted molar refractivity (Wildman–Crippen MR) is 81.2 cm³/mol. The summed E-state index contributed by atoms with van der Waals surface area (Å²) >= 11 is 0. The van der Waals surface area contributed by atoms with Gasteiger partial charge in [0.15, 0.2) is 0 Å². The van der Waals surface area contributed by atoms with Crippen LogP contribution in [0.1, 0.15) is 39.3 Å². The van der Waals surface area contributed by atoms with Crippen molar-refractivity contribution in [3.63, 3.8) is 0 Å². The molecule has 0 saturated heterocycles. The SMILES string of the molecule is CCN(Cc1ccccn1)CC1C(=O)CC(C)CC1C. The number of Topliss-reactive ketones (excluding diaryl/α,β-unsaturated/α-hetero) is 1. The highest BCUT2D eigenvalue weighted by Gasteiger charge is 2.33. The molecule has 3 unspecified atom stereocenters. The lowest BCUT2D eigenvalue weighted by molar-refractivity contribution is -0.128. The molecule has 0 N–H and O–H groups in total. The topological polar surface area (TPSA) is 33.2 Å². The molecule has 3 heteroatoms. The van der Waals surface area contributed by atoms with E-state index in [1.807, 2.05) is 18.3 Å². The fraction of sp³-hybridized carbons (Fsp3) is 0.647. The van der Waals surface area contributed by atoms with Crippen molar-refractivity contribution in [1.29, 1.82) is 0 Å². The van der Waals surface area contributed by atoms with Gasteiger partial charge in [-0.15, -0.1) is 0 Å². The van der Waals surface area contributed by atoms with Crippen molar-refractivity contribution < 1.29 is 4.79 Å². The van der Waals surface area contributed by atoms with Gasteiger partial charge < -0.3 is 0 Å². The molecule has 1 aliphatic rings. The van der Waals surface area contributed by atoms with Gasteiger partial charge in [-0.2, -0.15) is 0 Å².